The second kappa shape index (κ2) is 11.4. The Bertz CT molecular complexity index is 476. The van der Waals surface area contributed by atoms with Gasteiger partial charge in [0.15, 0.2) is 0 Å². The van der Waals surface area contributed by atoms with Gasteiger partial charge in [-0.1, -0.05) is 12.1 Å². The average Bonchev–Trinajstić information content (AvgIpc) is 2.56. The molecular weight excluding hydrogens is 329 g/mol. The second-order valence-corrected chi connectivity index (χ2v) is 6.34. The number of nitrogens with one attached hydrogen (secondary N) is 2. The molecule has 2 rings (SSSR count). The summed E-state index contributed by atoms with van der Waals surface area (Å²) >= 11 is 0. The van der Waals surface area contributed by atoms with Gasteiger partial charge in [0.1, 0.15) is 5.82 Å². The van der Waals surface area contributed by atoms with Crippen LogP contribution in [0.4, 0.5) is 4.39 Å². The van der Waals surface area contributed by atoms with E-state index in [0.29, 0.717) is 13.1 Å². The Morgan fingerprint density at radius 3 is 2.50 bits per heavy atom. The summed E-state index contributed by atoms with van der Waals surface area (Å²) in [5.41, 5.74) is 1.04. The van der Waals surface area contributed by atoms with E-state index in [9.17, 15) is 9.18 Å². The summed E-state index contributed by atoms with van der Waals surface area (Å²) in [4.78, 5) is 14.2. The maximum Gasteiger partial charge on any atom is 0.234 e. The number of hydrogen-bond donors (Lipinski definition) is 2. The number of amides is 1. The molecule has 1 aliphatic heterocycles. The molecule has 1 aromatic rings. The first-order chi connectivity index (χ1) is 11.2. The van der Waals surface area contributed by atoms with Crippen LogP contribution in [0.5, 0.6) is 0 Å². The minimum atomic E-state index is -0.226. The lowest BCUT2D eigenvalue weighted by Crippen LogP contribution is -2.42. The van der Waals surface area contributed by atoms with Crippen LogP contribution in [0.1, 0.15) is 24.8 Å². The highest BCUT2D eigenvalue weighted by Gasteiger charge is 2.20. The van der Waals surface area contributed by atoms with Crippen LogP contribution in [0, 0.1) is 11.7 Å². The van der Waals surface area contributed by atoms with Crippen LogP contribution in [-0.4, -0.2) is 50.6 Å². The molecule has 2 N–H and O–H groups in total. The van der Waals surface area contributed by atoms with Crippen molar-refractivity contribution < 1.29 is 9.18 Å². The van der Waals surface area contributed by atoms with Crippen molar-refractivity contribution in [2.75, 3.05) is 39.8 Å². The van der Waals surface area contributed by atoms with Gasteiger partial charge in [-0.05, 0) is 76.0 Å². The molecule has 136 valence electrons. The zero-order chi connectivity index (χ0) is 16.5. The maximum atomic E-state index is 12.8. The van der Waals surface area contributed by atoms with E-state index in [2.05, 4.69) is 15.5 Å². The van der Waals surface area contributed by atoms with Crippen molar-refractivity contribution in [2.24, 2.45) is 5.92 Å². The molecule has 1 heterocycles. The highest BCUT2D eigenvalue weighted by Crippen LogP contribution is 2.19. The van der Waals surface area contributed by atoms with Crippen LogP contribution in [0.2, 0.25) is 0 Å². The molecule has 24 heavy (non-hydrogen) atoms. The van der Waals surface area contributed by atoms with Crippen molar-refractivity contribution in [1.29, 1.82) is 0 Å². The number of piperidine rings is 1. The minimum Gasteiger partial charge on any atom is -0.355 e. The van der Waals surface area contributed by atoms with Crippen LogP contribution in [0.3, 0.4) is 0 Å². The van der Waals surface area contributed by atoms with Crippen LogP contribution < -0.4 is 10.6 Å². The van der Waals surface area contributed by atoms with Crippen molar-refractivity contribution >= 4 is 18.3 Å². The fraction of sp³-hybridized carbons (Fsp3) is 0.611. The van der Waals surface area contributed by atoms with Crippen LogP contribution in [0.15, 0.2) is 24.3 Å². The van der Waals surface area contributed by atoms with Crippen molar-refractivity contribution in [1.82, 2.24) is 15.5 Å². The molecule has 4 nitrogen and oxygen atoms in total. The van der Waals surface area contributed by atoms with Crippen molar-refractivity contribution in [2.45, 2.75) is 25.7 Å². The summed E-state index contributed by atoms with van der Waals surface area (Å²) in [6, 6.07) is 6.43. The van der Waals surface area contributed by atoms with E-state index in [1.807, 2.05) is 7.05 Å². The van der Waals surface area contributed by atoms with E-state index >= 15 is 0 Å². The molecule has 0 spiro atoms. The van der Waals surface area contributed by atoms with E-state index in [4.69, 9.17) is 0 Å². The monoisotopic (exact) mass is 357 g/mol. The van der Waals surface area contributed by atoms with E-state index in [-0.39, 0.29) is 24.1 Å². The standard InChI is InChI=1S/C18H28FN3O.ClH/c1-20-10-6-16-8-12-22(13-9-16)14-18(23)21-11-7-15-2-4-17(19)5-3-15;/h2-5,16,20H,6-14H2,1H3,(H,21,23);1H. The molecule has 1 fully saturated rings. The first kappa shape index (κ1) is 20.9. The number of likely N-dealkylation sites (tertiary alicyclic amines) is 1. The molecular formula is C18H29ClFN3O. The largest absolute Gasteiger partial charge is 0.355 e. The van der Waals surface area contributed by atoms with E-state index < -0.39 is 0 Å². The summed E-state index contributed by atoms with van der Waals surface area (Å²) in [5.74, 6) is 0.650. The molecule has 6 heteroatoms. The minimum absolute atomic E-state index is 0. The molecule has 0 bridgehead atoms. The molecule has 0 aromatic heterocycles. The Kier molecular flexibility index (Phi) is 9.91. The Hall–Kier alpha value is -1.17. The number of rotatable bonds is 8. The topological polar surface area (TPSA) is 44.4 Å². The number of halogens is 2. The van der Waals surface area contributed by atoms with Crippen LogP contribution in [0.25, 0.3) is 0 Å². The highest BCUT2D eigenvalue weighted by atomic mass is 35.5. The molecule has 1 aromatic carbocycles. The molecule has 0 aliphatic carbocycles. The molecule has 1 amide bonds. The SMILES string of the molecule is CNCCC1CCN(CC(=O)NCCc2ccc(F)cc2)CC1.Cl. The normalized spacial score (nSPS) is 15.8. The van der Waals surface area contributed by atoms with Gasteiger partial charge in [-0.3, -0.25) is 9.69 Å². The lowest BCUT2D eigenvalue weighted by molar-refractivity contribution is -0.122. The van der Waals surface area contributed by atoms with Gasteiger partial charge >= 0.3 is 0 Å². The zero-order valence-electron chi connectivity index (χ0n) is 14.4. The summed E-state index contributed by atoms with van der Waals surface area (Å²) in [5, 5.41) is 6.15. The van der Waals surface area contributed by atoms with Crippen LogP contribution in [-0.2, 0) is 11.2 Å². The highest BCUT2D eigenvalue weighted by molar-refractivity contribution is 5.85. The quantitative estimate of drug-likeness (QED) is 0.750. The third-order valence-electron chi connectivity index (χ3n) is 4.53. The van der Waals surface area contributed by atoms with Gasteiger partial charge in [-0.25, -0.2) is 4.39 Å². The van der Waals surface area contributed by atoms with Crippen molar-refractivity contribution in [3.05, 3.63) is 35.6 Å². The van der Waals surface area contributed by atoms with E-state index in [1.54, 1.807) is 12.1 Å². The van der Waals surface area contributed by atoms with E-state index in [0.717, 1.165) is 37.5 Å². The molecule has 1 aliphatic rings. The average molecular weight is 358 g/mol. The molecule has 0 unspecified atom stereocenters. The number of benzene rings is 1. The smallest absolute Gasteiger partial charge is 0.234 e. The van der Waals surface area contributed by atoms with E-state index in [1.165, 1.54) is 31.4 Å². The Morgan fingerprint density at radius 2 is 1.88 bits per heavy atom. The molecule has 0 atom stereocenters. The van der Waals surface area contributed by atoms with Crippen LogP contribution >= 0.6 is 12.4 Å². The summed E-state index contributed by atoms with van der Waals surface area (Å²) in [7, 11) is 1.99. The zero-order valence-corrected chi connectivity index (χ0v) is 15.2. The lowest BCUT2D eigenvalue weighted by atomic mass is 9.93. The van der Waals surface area contributed by atoms with Gasteiger partial charge in [0, 0.05) is 6.54 Å². The molecule has 1 saturated heterocycles. The van der Waals surface area contributed by atoms with Gasteiger partial charge in [0.2, 0.25) is 5.91 Å². The van der Waals surface area contributed by atoms with Gasteiger partial charge in [-0.2, -0.15) is 0 Å². The Labute approximate surface area is 150 Å². The predicted octanol–water partition coefficient (Wildman–Crippen LogP) is 2.23. The van der Waals surface area contributed by atoms with Crippen molar-refractivity contribution in [3.8, 4) is 0 Å². The van der Waals surface area contributed by atoms with Gasteiger partial charge in [0.25, 0.3) is 0 Å². The third-order valence-corrected chi connectivity index (χ3v) is 4.53. The van der Waals surface area contributed by atoms with Gasteiger partial charge < -0.3 is 10.6 Å². The summed E-state index contributed by atoms with van der Waals surface area (Å²) < 4.78 is 12.8. The number of nitrogens with zero attached hydrogens (tertiary/aromatic N) is 1. The van der Waals surface area contributed by atoms with Gasteiger partial charge in [0.05, 0.1) is 6.54 Å². The number of carbonyl (C=O) groups excluding carboxylic acids is 1. The first-order valence-corrected chi connectivity index (χ1v) is 8.55. The first-order valence-electron chi connectivity index (χ1n) is 8.55. The van der Waals surface area contributed by atoms with Gasteiger partial charge in [-0.15, -0.1) is 12.4 Å². The fourth-order valence-corrected chi connectivity index (χ4v) is 3.04. The third kappa shape index (κ3) is 7.60. The fourth-order valence-electron chi connectivity index (χ4n) is 3.04. The summed E-state index contributed by atoms with van der Waals surface area (Å²) in [6.07, 6.45) is 4.33. The summed E-state index contributed by atoms with van der Waals surface area (Å²) in [6.45, 7) is 4.19. The Morgan fingerprint density at radius 1 is 1.21 bits per heavy atom. The Balaban J connectivity index is 0.00000288. The molecule has 0 saturated carbocycles. The molecule has 0 radical (unpaired) electrons. The maximum absolute atomic E-state index is 12.8. The number of carbonyl (C=O) groups is 1. The predicted molar refractivity (Wildman–Crippen MR) is 98.1 cm³/mol. The number of hydrogen-bond acceptors (Lipinski definition) is 3. The second-order valence-electron chi connectivity index (χ2n) is 6.34. The van der Waals surface area contributed by atoms with Crippen molar-refractivity contribution in [3.63, 3.8) is 0 Å². The lowest BCUT2D eigenvalue weighted by Gasteiger charge is -2.31.